The molecule has 0 spiro atoms. The number of aliphatic hydroxyl groups is 8. The van der Waals surface area contributed by atoms with E-state index in [4.69, 9.17) is 11.5 Å². The summed E-state index contributed by atoms with van der Waals surface area (Å²) < 4.78 is 36.4. The molecule has 65 heavy (non-hydrogen) atoms. The van der Waals surface area contributed by atoms with Gasteiger partial charge in [0.1, 0.15) is 48.0 Å². The Morgan fingerprint density at radius 2 is 1.49 bits per heavy atom. The van der Waals surface area contributed by atoms with Gasteiger partial charge in [0.05, 0.1) is 36.9 Å². The fraction of sp³-hybridized carbons (Fsp3) is 0.639. The Morgan fingerprint density at radius 1 is 0.892 bits per heavy atom. The molecule has 1 aromatic rings. The first-order valence-electron chi connectivity index (χ1n) is 19.8. The molecule has 364 valence electrons. The highest BCUT2D eigenvalue weighted by Crippen LogP contribution is 2.36. The molecule has 3 fully saturated rings. The van der Waals surface area contributed by atoms with Gasteiger partial charge in [0.15, 0.2) is 17.7 Å². The minimum absolute atomic E-state index is 0.513. The molecule has 29 heteroatoms. The molecule has 3 heterocycles. The molecule has 15 atom stereocenters. The van der Waals surface area contributed by atoms with Crippen LogP contribution >= 0.6 is 0 Å². The van der Waals surface area contributed by atoms with Crippen molar-refractivity contribution in [2.24, 2.45) is 17.4 Å². The van der Waals surface area contributed by atoms with E-state index in [9.17, 15) is 92.5 Å². The van der Waals surface area contributed by atoms with Crippen molar-refractivity contribution in [2.45, 2.75) is 125 Å². The number of hydrogen-bond donors (Lipinski definition) is 16. The van der Waals surface area contributed by atoms with Crippen LogP contribution in [-0.2, 0) is 44.0 Å². The SMILES string of the molecule is C[C@@H](O)[C@@H]1NC(=O)[C@@H](N)C[C@@H](O)[C@@H](O)NC(=O)[C@@H]2[C@@H](O)[C@@H](C)CN2C(=O)[C@H]([C@H](O)CC(N)=O)NC(=O)[C@H]([C@](C)(O)[C@@H](O)c2ccc(O)c(OS(=O)(=O)O)c2)NC(=O)[C@@H]2C[C@@H](O)CN2C1=O. The molecular weight excluding hydrogens is 896 g/mol. The van der Waals surface area contributed by atoms with Crippen LogP contribution in [0.4, 0.5) is 0 Å². The number of primary amides is 1. The number of aromatic hydroxyl groups is 1. The fourth-order valence-electron chi connectivity index (χ4n) is 7.66. The zero-order chi connectivity index (χ0) is 49.2. The third-order valence-electron chi connectivity index (χ3n) is 11.2. The molecule has 3 aliphatic heterocycles. The topological polar surface area (TPSA) is 472 Å². The Morgan fingerprint density at radius 3 is 2.08 bits per heavy atom. The zero-order valence-electron chi connectivity index (χ0n) is 34.9. The summed E-state index contributed by atoms with van der Waals surface area (Å²) in [6, 6.07) is -10.3. The summed E-state index contributed by atoms with van der Waals surface area (Å²) in [5, 5.41) is 107. The van der Waals surface area contributed by atoms with Gasteiger partial charge in [-0.3, -0.25) is 38.1 Å². The van der Waals surface area contributed by atoms with Crippen LogP contribution in [0, 0.1) is 5.92 Å². The molecule has 3 aliphatic rings. The predicted octanol–water partition coefficient (Wildman–Crippen LogP) is -8.87. The lowest BCUT2D eigenvalue weighted by atomic mass is 9.84. The molecule has 4 rings (SSSR count). The minimum atomic E-state index is -5.32. The van der Waals surface area contributed by atoms with Crippen molar-refractivity contribution in [3.63, 3.8) is 0 Å². The molecule has 0 saturated carbocycles. The van der Waals surface area contributed by atoms with E-state index in [-0.39, 0.29) is 0 Å². The number of amides is 7. The average molecular weight is 951 g/mol. The van der Waals surface area contributed by atoms with E-state index in [1.807, 2.05) is 10.6 Å². The maximum atomic E-state index is 14.5. The van der Waals surface area contributed by atoms with Crippen molar-refractivity contribution >= 4 is 51.7 Å². The van der Waals surface area contributed by atoms with Crippen LogP contribution in [0.2, 0.25) is 0 Å². The van der Waals surface area contributed by atoms with Crippen LogP contribution in [0.3, 0.4) is 0 Å². The molecule has 18 N–H and O–H groups in total. The van der Waals surface area contributed by atoms with Gasteiger partial charge in [0, 0.05) is 31.8 Å². The van der Waals surface area contributed by atoms with E-state index < -0.39 is 192 Å². The van der Waals surface area contributed by atoms with E-state index in [1.165, 1.54) is 6.92 Å². The van der Waals surface area contributed by atoms with Crippen molar-refractivity contribution in [2.75, 3.05) is 13.1 Å². The summed E-state index contributed by atoms with van der Waals surface area (Å²) in [5.41, 5.74) is 7.53. The van der Waals surface area contributed by atoms with Gasteiger partial charge in [0.25, 0.3) is 0 Å². The molecule has 0 aliphatic carbocycles. The zero-order valence-corrected chi connectivity index (χ0v) is 35.7. The molecule has 0 radical (unpaired) electrons. The number of phenolic OH excluding ortho intramolecular Hbond substituents is 1. The first kappa shape index (κ1) is 52.3. The van der Waals surface area contributed by atoms with E-state index in [1.54, 1.807) is 0 Å². The molecule has 0 bridgehead atoms. The largest absolute Gasteiger partial charge is 0.504 e. The number of fused-ring (bicyclic) bond motifs is 2. The lowest BCUT2D eigenvalue weighted by Gasteiger charge is -2.39. The smallest absolute Gasteiger partial charge is 0.446 e. The van der Waals surface area contributed by atoms with Crippen molar-refractivity contribution in [3.8, 4) is 11.5 Å². The maximum Gasteiger partial charge on any atom is 0.446 e. The Kier molecular flexibility index (Phi) is 16.4. The Balaban J connectivity index is 1.92. The number of nitrogens with one attached hydrogen (secondary N) is 4. The second kappa shape index (κ2) is 20.4. The number of aliphatic hydroxyl groups excluding tert-OH is 7. The van der Waals surface area contributed by atoms with Crippen molar-refractivity contribution < 1.29 is 96.7 Å². The lowest BCUT2D eigenvalue weighted by Crippen LogP contribution is -2.67. The number of benzene rings is 1. The average Bonchev–Trinajstić information content (AvgIpc) is 3.74. The summed E-state index contributed by atoms with van der Waals surface area (Å²) in [4.78, 5) is 97.2. The van der Waals surface area contributed by atoms with Gasteiger partial charge in [-0.15, -0.1) is 0 Å². The standard InChI is InChI=1S/C36H54N8O20S/c1-12-10-44-25(26(12)51)32(56)42-31(55)20(49)8-16(37)29(53)39-23(13(2)45)34(58)43-11-15(46)7-17(43)30(54)41-27(33(57)40-24(35(44)59)19(48)9-22(38)50)36(3,60)28(52)14-4-5-18(47)21(6-14)64-65(61,62)63/h4-6,12-13,15-17,19-20,23-28,31,45-49,51-52,55,60H,7-11,37H2,1-3H3,(H2,38,50)(H,39,53)(H,40,57)(H,41,54)(H,42,56)(H,61,62,63)/t12-,13+,15+,16-,17-,19+,20+,23-,24-,25-,26-,27+,28-,31+,36-/m0/s1. The van der Waals surface area contributed by atoms with Crippen LogP contribution in [0.5, 0.6) is 11.5 Å². The number of carbonyl (C=O) groups excluding carboxylic acids is 7. The molecule has 1 aromatic carbocycles. The van der Waals surface area contributed by atoms with E-state index in [0.717, 1.165) is 19.1 Å². The molecule has 28 nitrogen and oxygen atoms in total. The summed E-state index contributed by atoms with van der Waals surface area (Å²) >= 11 is 0. The van der Waals surface area contributed by atoms with Crippen molar-refractivity contribution in [1.82, 2.24) is 31.1 Å². The third-order valence-corrected chi connectivity index (χ3v) is 11.6. The van der Waals surface area contributed by atoms with Gasteiger partial charge in [-0.25, -0.2) is 0 Å². The van der Waals surface area contributed by atoms with Crippen LogP contribution < -0.4 is 36.9 Å². The normalized spacial score (nSPS) is 32.6. The maximum absolute atomic E-state index is 14.5. The Labute approximate surface area is 369 Å². The number of phenols is 1. The van der Waals surface area contributed by atoms with Gasteiger partial charge in [0.2, 0.25) is 41.4 Å². The summed E-state index contributed by atoms with van der Waals surface area (Å²) in [6.07, 6.45) is -16.6. The lowest BCUT2D eigenvalue weighted by molar-refractivity contribution is -0.153. The van der Waals surface area contributed by atoms with Crippen LogP contribution in [-0.4, -0.2) is 202 Å². The molecule has 0 unspecified atom stereocenters. The number of rotatable bonds is 9. The molecular formula is C36H54N8O20S. The van der Waals surface area contributed by atoms with Gasteiger partial charge in [-0.2, -0.15) is 8.42 Å². The van der Waals surface area contributed by atoms with Gasteiger partial charge >= 0.3 is 10.4 Å². The number of nitrogens with zero attached hydrogens (tertiary/aromatic N) is 2. The Hall–Kier alpha value is -5.34. The van der Waals surface area contributed by atoms with Gasteiger partial charge < -0.3 is 92.7 Å². The van der Waals surface area contributed by atoms with Crippen LogP contribution in [0.25, 0.3) is 0 Å². The number of nitrogens with two attached hydrogens (primary N) is 2. The Bertz CT molecular complexity index is 2110. The predicted molar refractivity (Wildman–Crippen MR) is 213 cm³/mol. The molecule has 7 amide bonds. The number of hydrogen-bond acceptors (Lipinski definition) is 20. The summed E-state index contributed by atoms with van der Waals surface area (Å²) in [6.45, 7) is 1.97. The second-order valence-electron chi connectivity index (χ2n) is 16.4. The third kappa shape index (κ3) is 12.1. The molecule has 0 aromatic heterocycles. The summed E-state index contributed by atoms with van der Waals surface area (Å²) in [5.74, 6) is -12.4. The highest BCUT2D eigenvalue weighted by atomic mass is 32.3. The van der Waals surface area contributed by atoms with E-state index >= 15 is 0 Å². The van der Waals surface area contributed by atoms with Crippen molar-refractivity contribution in [1.29, 1.82) is 0 Å². The van der Waals surface area contributed by atoms with Crippen LogP contribution in [0.1, 0.15) is 51.7 Å². The van der Waals surface area contributed by atoms with Gasteiger partial charge in [-0.1, -0.05) is 13.0 Å². The van der Waals surface area contributed by atoms with Crippen LogP contribution in [0.15, 0.2) is 18.2 Å². The first-order valence-corrected chi connectivity index (χ1v) is 21.2. The fourth-order valence-corrected chi connectivity index (χ4v) is 8.02. The van der Waals surface area contributed by atoms with Gasteiger partial charge in [-0.05, 0) is 31.5 Å². The van der Waals surface area contributed by atoms with Crippen molar-refractivity contribution in [3.05, 3.63) is 23.8 Å². The highest BCUT2D eigenvalue weighted by molar-refractivity contribution is 7.81. The highest BCUT2D eigenvalue weighted by Gasteiger charge is 2.52. The first-order chi connectivity index (χ1) is 30.0. The summed E-state index contributed by atoms with van der Waals surface area (Å²) in [7, 11) is -5.32. The number of carbonyl (C=O) groups is 7. The monoisotopic (exact) mass is 950 g/mol. The van der Waals surface area contributed by atoms with E-state index in [0.29, 0.717) is 22.8 Å². The second-order valence-corrected chi connectivity index (χ2v) is 17.4. The quantitative estimate of drug-likeness (QED) is 0.102. The minimum Gasteiger partial charge on any atom is -0.504 e. The van der Waals surface area contributed by atoms with E-state index in [2.05, 4.69) is 14.8 Å². The molecule has 3 saturated heterocycles.